The van der Waals surface area contributed by atoms with Crippen LogP contribution in [0.1, 0.15) is 56.3 Å². The summed E-state index contributed by atoms with van der Waals surface area (Å²) in [7, 11) is 0. The molecule has 0 heterocycles. The summed E-state index contributed by atoms with van der Waals surface area (Å²) < 4.78 is 0. The predicted molar refractivity (Wildman–Crippen MR) is 188 cm³/mol. The minimum absolute atomic E-state index is 0.0552. The SMILES string of the molecule is Oc1ccc(/C=C\c2c3c(cc4c2C(c2ccc(O)cc2)Cc2cc(O)cc(O)c2-4)-c2c(O)cc(O)cc2CC3c2ccc(O)cc2)cc1. The lowest BCUT2D eigenvalue weighted by Crippen LogP contribution is -2.20. The summed E-state index contributed by atoms with van der Waals surface area (Å²) in [4.78, 5) is 0. The average molecular weight is 649 g/mol. The standard InChI is InChI=1S/C42H32O7/c43-27-8-1-22(2-9-27)3-14-32-41-33(23-4-10-28(44)11-5-23)17-25-15-30(46)19-37(48)39(25)35(41)21-36-40-26(16-31(47)20-38(40)49)18-34(42(32)36)24-6-12-29(45)13-7-24/h1-16,19-21,33-34,43-49H,17-18H2/b14-3-. The van der Waals surface area contributed by atoms with Gasteiger partial charge in [0.25, 0.3) is 0 Å². The molecular formula is C42H32O7. The fourth-order valence-electron chi connectivity index (χ4n) is 7.75. The van der Waals surface area contributed by atoms with Gasteiger partial charge in [-0.1, -0.05) is 48.6 Å². The van der Waals surface area contributed by atoms with Crippen LogP contribution >= 0.6 is 0 Å². The molecule has 0 amide bonds. The number of hydrogen-bond donors (Lipinski definition) is 7. The van der Waals surface area contributed by atoms with Crippen LogP contribution < -0.4 is 0 Å². The van der Waals surface area contributed by atoms with Crippen LogP contribution in [0.15, 0.2) is 103 Å². The molecule has 0 fully saturated rings. The van der Waals surface area contributed by atoms with E-state index in [0.29, 0.717) is 24.0 Å². The van der Waals surface area contributed by atoms with Gasteiger partial charge in [-0.05, 0) is 123 Å². The fraction of sp³-hybridized carbons (Fsp3) is 0.0952. The van der Waals surface area contributed by atoms with Crippen molar-refractivity contribution in [1.82, 2.24) is 0 Å². The Labute approximate surface area is 282 Å². The Balaban J connectivity index is 1.52. The zero-order chi connectivity index (χ0) is 34.0. The highest BCUT2D eigenvalue weighted by Gasteiger charge is 2.37. The largest absolute Gasteiger partial charge is 0.508 e. The summed E-state index contributed by atoms with van der Waals surface area (Å²) in [6.45, 7) is 0. The Morgan fingerprint density at radius 1 is 0.429 bits per heavy atom. The molecule has 0 radical (unpaired) electrons. The highest BCUT2D eigenvalue weighted by Crippen LogP contribution is 2.56. The van der Waals surface area contributed by atoms with Crippen molar-refractivity contribution in [3.63, 3.8) is 0 Å². The molecular weight excluding hydrogens is 616 g/mol. The molecule has 0 aromatic heterocycles. The molecule has 2 aliphatic carbocycles. The van der Waals surface area contributed by atoms with Crippen LogP contribution in [0.3, 0.4) is 0 Å². The first-order valence-corrected chi connectivity index (χ1v) is 16.0. The molecule has 2 atom stereocenters. The van der Waals surface area contributed by atoms with Crippen molar-refractivity contribution < 1.29 is 35.7 Å². The third-order valence-corrected chi connectivity index (χ3v) is 9.83. The molecule has 2 aliphatic rings. The van der Waals surface area contributed by atoms with Gasteiger partial charge in [0.2, 0.25) is 0 Å². The minimum Gasteiger partial charge on any atom is -0.508 e. The predicted octanol–water partition coefficient (Wildman–Crippen LogP) is 8.51. The number of hydrogen-bond acceptors (Lipinski definition) is 7. The van der Waals surface area contributed by atoms with E-state index in [1.165, 1.54) is 12.1 Å². The van der Waals surface area contributed by atoms with Gasteiger partial charge in [0.1, 0.15) is 40.2 Å². The molecule has 49 heavy (non-hydrogen) atoms. The second kappa shape index (κ2) is 11.4. The monoisotopic (exact) mass is 648 g/mol. The van der Waals surface area contributed by atoms with Crippen LogP contribution in [0.25, 0.3) is 34.4 Å². The minimum atomic E-state index is -0.260. The van der Waals surface area contributed by atoms with E-state index in [0.717, 1.165) is 55.6 Å². The van der Waals surface area contributed by atoms with Crippen LogP contribution in [0.5, 0.6) is 40.2 Å². The number of fused-ring (bicyclic) bond motifs is 6. The zero-order valence-corrected chi connectivity index (χ0v) is 26.2. The first kappa shape index (κ1) is 30.0. The second-order valence-electron chi connectivity index (χ2n) is 12.8. The summed E-state index contributed by atoms with van der Waals surface area (Å²) in [6, 6.07) is 29.0. The van der Waals surface area contributed by atoms with E-state index in [2.05, 4.69) is 0 Å². The van der Waals surface area contributed by atoms with E-state index in [1.54, 1.807) is 48.5 Å². The van der Waals surface area contributed by atoms with Crippen LogP contribution in [-0.4, -0.2) is 35.7 Å². The Hall–Kier alpha value is -6.34. The summed E-state index contributed by atoms with van der Waals surface area (Å²) >= 11 is 0. The van der Waals surface area contributed by atoms with Crippen molar-refractivity contribution in [2.75, 3.05) is 0 Å². The van der Waals surface area contributed by atoms with Gasteiger partial charge in [-0.3, -0.25) is 0 Å². The molecule has 7 heteroatoms. The van der Waals surface area contributed by atoms with Gasteiger partial charge < -0.3 is 35.7 Å². The Bertz CT molecular complexity index is 2150. The summed E-state index contributed by atoms with van der Waals surface area (Å²) in [5.41, 5.74) is 9.54. The zero-order valence-electron chi connectivity index (χ0n) is 26.2. The van der Waals surface area contributed by atoms with Gasteiger partial charge in [-0.2, -0.15) is 0 Å². The van der Waals surface area contributed by atoms with Gasteiger partial charge in [0.15, 0.2) is 0 Å². The van der Waals surface area contributed by atoms with Crippen LogP contribution in [0.4, 0.5) is 0 Å². The third kappa shape index (κ3) is 5.16. The Kier molecular flexibility index (Phi) is 7.00. The molecule has 242 valence electrons. The lowest BCUT2D eigenvalue weighted by molar-refractivity contribution is 0.449. The van der Waals surface area contributed by atoms with Crippen molar-refractivity contribution in [1.29, 1.82) is 0 Å². The molecule has 6 aromatic carbocycles. The molecule has 0 saturated carbocycles. The van der Waals surface area contributed by atoms with E-state index in [9.17, 15) is 35.7 Å². The number of aromatic hydroxyl groups is 7. The van der Waals surface area contributed by atoms with E-state index < -0.39 is 0 Å². The molecule has 0 aliphatic heterocycles. The smallest absolute Gasteiger partial charge is 0.127 e. The maximum atomic E-state index is 11.4. The quantitative estimate of drug-likeness (QED) is 0.0951. The highest BCUT2D eigenvalue weighted by atomic mass is 16.3. The van der Waals surface area contributed by atoms with Gasteiger partial charge in [0.05, 0.1) is 0 Å². The maximum Gasteiger partial charge on any atom is 0.127 e. The fourth-order valence-corrected chi connectivity index (χ4v) is 7.75. The van der Waals surface area contributed by atoms with E-state index in [4.69, 9.17) is 0 Å². The topological polar surface area (TPSA) is 142 Å². The van der Waals surface area contributed by atoms with Gasteiger partial charge in [-0.25, -0.2) is 0 Å². The van der Waals surface area contributed by atoms with E-state index >= 15 is 0 Å². The number of phenolic OH excluding ortho intramolecular Hbond substituents is 7. The summed E-state index contributed by atoms with van der Waals surface area (Å²) in [5.74, 6) is -0.358. The molecule has 0 bridgehead atoms. The van der Waals surface area contributed by atoms with Crippen molar-refractivity contribution in [2.24, 2.45) is 0 Å². The number of phenols is 7. The number of rotatable bonds is 4. The number of benzene rings is 6. The molecule has 7 nitrogen and oxygen atoms in total. The Morgan fingerprint density at radius 3 is 1.27 bits per heavy atom. The molecule has 8 rings (SSSR count). The second-order valence-corrected chi connectivity index (χ2v) is 12.8. The van der Waals surface area contributed by atoms with Crippen molar-refractivity contribution in [2.45, 2.75) is 24.7 Å². The van der Waals surface area contributed by atoms with Gasteiger partial charge >= 0.3 is 0 Å². The van der Waals surface area contributed by atoms with Crippen molar-refractivity contribution >= 4 is 12.2 Å². The molecule has 6 aromatic rings. The van der Waals surface area contributed by atoms with Crippen LogP contribution in [-0.2, 0) is 12.8 Å². The van der Waals surface area contributed by atoms with Gasteiger partial charge in [0, 0.05) is 35.1 Å². The third-order valence-electron chi connectivity index (χ3n) is 9.83. The van der Waals surface area contributed by atoms with Gasteiger partial charge in [-0.15, -0.1) is 0 Å². The lowest BCUT2D eigenvalue weighted by Gasteiger charge is -2.37. The first-order valence-electron chi connectivity index (χ1n) is 16.0. The van der Waals surface area contributed by atoms with E-state index in [1.807, 2.05) is 54.6 Å². The van der Waals surface area contributed by atoms with Crippen molar-refractivity contribution in [3.05, 3.63) is 148 Å². The maximum absolute atomic E-state index is 11.4. The lowest BCUT2D eigenvalue weighted by atomic mass is 9.66. The van der Waals surface area contributed by atoms with E-state index in [-0.39, 0.29) is 52.1 Å². The first-order chi connectivity index (χ1) is 23.6. The van der Waals surface area contributed by atoms with Crippen LogP contribution in [0, 0.1) is 0 Å². The molecule has 0 spiro atoms. The molecule has 7 N–H and O–H groups in total. The van der Waals surface area contributed by atoms with Crippen LogP contribution in [0.2, 0.25) is 0 Å². The molecule has 0 saturated heterocycles. The normalized spacial score (nSPS) is 16.1. The average Bonchev–Trinajstić information content (AvgIpc) is 3.06. The van der Waals surface area contributed by atoms with Crippen molar-refractivity contribution in [3.8, 4) is 62.5 Å². The Morgan fingerprint density at radius 2 is 0.837 bits per heavy atom. The summed E-state index contributed by atoms with van der Waals surface area (Å²) in [5, 5.41) is 74.3. The molecule has 2 unspecified atom stereocenters. The highest BCUT2D eigenvalue weighted by molar-refractivity contribution is 5.94. The summed E-state index contributed by atoms with van der Waals surface area (Å²) in [6.07, 6.45) is 4.91.